The molecule has 0 spiro atoms. The highest BCUT2D eigenvalue weighted by molar-refractivity contribution is 5.88. The monoisotopic (exact) mass is 288 g/mol. The molecule has 0 unspecified atom stereocenters. The van der Waals surface area contributed by atoms with Crippen LogP contribution in [0.15, 0.2) is 18.3 Å². The number of nitrogens with one attached hydrogen (secondary N) is 1. The molecule has 0 saturated carbocycles. The highest BCUT2D eigenvalue weighted by Gasteiger charge is 2.09. The number of aromatic carboxylic acids is 1. The zero-order chi connectivity index (χ0) is 15.4. The van der Waals surface area contributed by atoms with E-state index in [4.69, 9.17) is 5.11 Å². The summed E-state index contributed by atoms with van der Waals surface area (Å²) >= 11 is 0. The Bertz CT molecular complexity index is 649. The molecule has 0 saturated heterocycles. The van der Waals surface area contributed by atoms with Crippen molar-refractivity contribution in [1.82, 2.24) is 14.8 Å². The highest BCUT2D eigenvalue weighted by atomic mass is 16.4. The van der Waals surface area contributed by atoms with Gasteiger partial charge < -0.3 is 10.4 Å². The van der Waals surface area contributed by atoms with Crippen LogP contribution in [0.4, 0.5) is 5.82 Å². The van der Waals surface area contributed by atoms with Gasteiger partial charge in [0.15, 0.2) is 0 Å². The number of carboxylic acid groups (broad SMARTS) is 1. The molecular weight excluding hydrogens is 268 g/mol. The summed E-state index contributed by atoms with van der Waals surface area (Å²) in [5.41, 5.74) is 3.20. The number of anilines is 1. The number of nitrogens with zero attached hydrogens (tertiary/aromatic N) is 3. The number of carboxylic acids is 1. The van der Waals surface area contributed by atoms with E-state index >= 15 is 0 Å². The lowest BCUT2D eigenvalue weighted by Gasteiger charge is -2.09. The minimum atomic E-state index is -0.935. The Morgan fingerprint density at radius 2 is 2.19 bits per heavy atom. The Morgan fingerprint density at radius 3 is 2.76 bits per heavy atom. The third-order valence-electron chi connectivity index (χ3n) is 3.43. The zero-order valence-electron chi connectivity index (χ0n) is 12.6. The molecule has 21 heavy (non-hydrogen) atoms. The summed E-state index contributed by atoms with van der Waals surface area (Å²) in [6.45, 7) is 4.61. The Morgan fingerprint density at radius 1 is 1.43 bits per heavy atom. The maximum Gasteiger partial charge on any atom is 0.335 e. The number of rotatable bonds is 6. The average molecular weight is 288 g/mol. The second kappa shape index (κ2) is 6.39. The molecule has 0 atom stereocenters. The van der Waals surface area contributed by atoms with Crippen LogP contribution in [0.1, 0.15) is 40.7 Å². The highest BCUT2D eigenvalue weighted by Crippen LogP contribution is 2.14. The summed E-state index contributed by atoms with van der Waals surface area (Å²) < 4.78 is 1.81. The number of pyridine rings is 1. The second-order valence-corrected chi connectivity index (χ2v) is 5.02. The van der Waals surface area contributed by atoms with Gasteiger partial charge in [0, 0.05) is 30.5 Å². The Balaban J connectivity index is 2.18. The molecule has 0 bridgehead atoms. The van der Waals surface area contributed by atoms with E-state index in [2.05, 4.69) is 15.4 Å². The quantitative estimate of drug-likeness (QED) is 0.853. The number of aromatic nitrogens is 3. The number of carbonyl (C=O) groups is 1. The van der Waals surface area contributed by atoms with Crippen molar-refractivity contribution in [3.8, 4) is 0 Å². The molecule has 0 amide bonds. The van der Waals surface area contributed by atoms with Gasteiger partial charge in [-0.05, 0) is 25.5 Å². The number of aryl methyl sites for hydroxylation is 2. The lowest BCUT2D eigenvalue weighted by Crippen LogP contribution is -2.07. The van der Waals surface area contributed by atoms with E-state index in [1.165, 1.54) is 0 Å². The van der Waals surface area contributed by atoms with E-state index in [1.807, 2.05) is 20.9 Å². The van der Waals surface area contributed by atoms with Crippen LogP contribution in [0, 0.1) is 6.92 Å². The normalized spacial score (nSPS) is 10.6. The molecule has 2 N–H and O–H groups in total. The molecule has 6 heteroatoms. The van der Waals surface area contributed by atoms with Gasteiger partial charge in [-0.3, -0.25) is 4.68 Å². The van der Waals surface area contributed by atoms with E-state index in [1.54, 1.807) is 23.0 Å². The van der Waals surface area contributed by atoms with Crippen molar-refractivity contribution in [2.75, 3.05) is 5.32 Å². The van der Waals surface area contributed by atoms with Crippen LogP contribution in [0.25, 0.3) is 0 Å². The predicted molar refractivity (Wildman–Crippen MR) is 80.5 cm³/mol. The fourth-order valence-corrected chi connectivity index (χ4v) is 2.09. The Labute approximate surface area is 123 Å². The standard InChI is InChI=1S/C15H20N4O2/c1-4-5-13-6-11(15(20)21)7-14(18-13)16-8-12-9-17-19(3)10(12)2/h6-7,9H,4-5,8H2,1-3H3,(H,16,18)(H,20,21). The summed E-state index contributed by atoms with van der Waals surface area (Å²) in [4.78, 5) is 15.6. The lowest BCUT2D eigenvalue weighted by atomic mass is 10.1. The smallest absolute Gasteiger partial charge is 0.335 e. The molecule has 112 valence electrons. The zero-order valence-corrected chi connectivity index (χ0v) is 12.6. The molecule has 2 aromatic heterocycles. The maximum atomic E-state index is 11.2. The first-order chi connectivity index (χ1) is 10.0. The minimum absolute atomic E-state index is 0.263. The molecule has 0 aliphatic rings. The third kappa shape index (κ3) is 3.59. The van der Waals surface area contributed by atoms with Crippen LogP contribution in [0.2, 0.25) is 0 Å². The summed E-state index contributed by atoms with van der Waals surface area (Å²) in [5.74, 6) is -0.350. The van der Waals surface area contributed by atoms with Crippen molar-refractivity contribution < 1.29 is 9.90 Å². The van der Waals surface area contributed by atoms with E-state index in [0.29, 0.717) is 12.4 Å². The largest absolute Gasteiger partial charge is 0.478 e. The van der Waals surface area contributed by atoms with Crippen LogP contribution in [0.5, 0.6) is 0 Å². The molecule has 0 aromatic carbocycles. The van der Waals surface area contributed by atoms with Crippen LogP contribution in [-0.4, -0.2) is 25.8 Å². The van der Waals surface area contributed by atoms with Crippen LogP contribution >= 0.6 is 0 Å². The van der Waals surface area contributed by atoms with Crippen molar-refractivity contribution in [3.05, 3.63) is 40.8 Å². The molecule has 0 aliphatic carbocycles. The van der Waals surface area contributed by atoms with Crippen molar-refractivity contribution in [3.63, 3.8) is 0 Å². The fourth-order valence-electron chi connectivity index (χ4n) is 2.09. The van der Waals surface area contributed by atoms with Crippen LogP contribution in [-0.2, 0) is 20.0 Å². The summed E-state index contributed by atoms with van der Waals surface area (Å²) in [6, 6.07) is 3.19. The second-order valence-electron chi connectivity index (χ2n) is 5.02. The summed E-state index contributed by atoms with van der Waals surface area (Å²) in [7, 11) is 1.89. The van der Waals surface area contributed by atoms with Gasteiger partial charge in [0.1, 0.15) is 5.82 Å². The molecular formula is C15H20N4O2. The van der Waals surface area contributed by atoms with Crippen molar-refractivity contribution in [2.45, 2.75) is 33.2 Å². The van der Waals surface area contributed by atoms with Gasteiger partial charge in [0.05, 0.1) is 11.8 Å². The predicted octanol–water partition coefficient (Wildman–Crippen LogP) is 2.39. The molecule has 0 radical (unpaired) electrons. The van der Waals surface area contributed by atoms with Gasteiger partial charge in [-0.15, -0.1) is 0 Å². The van der Waals surface area contributed by atoms with E-state index in [0.717, 1.165) is 29.8 Å². The third-order valence-corrected chi connectivity index (χ3v) is 3.43. The van der Waals surface area contributed by atoms with E-state index < -0.39 is 5.97 Å². The maximum absolute atomic E-state index is 11.2. The molecule has 0 fully saturated rings. The number of hydrogen-bond acceptors (Lipinski definition) is 4. The number of hydrogen-bond donors (Lipinski definition) is 2. The van der Waals surface area contributed by atoms with Gasteiger partial charge in [0.25, 0.3) is 0 Å². The molecule has 6 nitrogen and oxygen atoms in total. The lowest BCUT2D eigenvalue weighted by molar-refractivity contribution is 0.0696. The molecule has 2 rings (SSSR count). The SMILES string of the molecule is CCCc1cc(C(=O)O)cc(NCc2cnn(C)c2C)n1. The first-order valence-electron chi connectivity index (χ1n) is 6.97. The van der Waals surface area contributed by atoms with Gasteiger partial charge in [-0.1, -0.05) is 13.3 Å². The van der Waals surface area contributed by atoms with Gasteiger partial charge in [0.2, 0.25) is 0 Å². The van der Waals surface area contributed by atoms with Crippen molar-refractivity contribution >= 4 is 11.8 Å². The van der Waals surface area contributed by atoms with Gasteiger partial charge in [-0.25, -0.2) is 9.78 Å². The topological polar surface area (TPSA) is 80.0 Å². The van der Waals surface area contributed by atoms with Gasteiger partial charge in [-0.2, -0.15) is 5.10 Å². The first kappa shape index (κ1) is 15.0. The summed E-state index contributed by atoms with van der Waals surface area (Å²) in [5, 5.41) is 16.5. The van der Waals surface area contributed by atoms with Crippen molar-refractivity contribution in [1.29, 1.82) is 0 Å². The molecule has 2 aromatic rings. The van der Waals surface area contributed by atoms with Gasteiger partial charge >= 0.3 is 5.97 Å². The average Bonchev–Trinajstić information content (AvgIpc) is 2.77. The minimum Gasteiger partial charge on any atom is -0.478 e. The Hall–Kier alpha value is -2.37. The van der Waals surface area contributed by atoms with Crippen molar-refractivity contribution in [2.24, 2.45) is 7.05 Å². The summed E-state index contributed by atoms with van der Waals surface area (Å²) in [6.07, 6.45) is 3.50. The Kier molecular flexibility index (Phi) is 4.57. The first-order valence-corrected chi connectivity index (χ1v) is 6.97. The molecule has 2 heterocycles. The van der Waals surface area contributed by atoms with Crippen LogP contribution < -0.4 is 5.32 Å². The molecule has 0 aliphatic heterocycles. The fraction of sp³-hybridized carbons (Fsp3) is 0.400. The van der Waals surface area contributed by atoms with E-state index in [-0.39, 0.29) is 5.56 Å². The van der Waals surface area contributed by atoms with E-state index in [9.17, 15) is 4.79 Å². The van der Waals surface area contributed by atoms with Crippen LogP contribution in [0.3, 0.4) is 0 Å².